The molecule has 0 N–H and O–H groups in total. The molecule has 24 heavy (non-hydrogen) atoms. The molecule has 0 aromatic heterocycles. The van der Waals surface area contributed by atoms with E-state index in [-0.39, 0.29) is 18.1 Å². The van der Waals surface area contributed by atoms with E-state index < -0.39 is 0 Å². The molecular formula is C20H23NO3. The molecule has 126 valence electrons. The highest BCUT2D eigenvalue weighted by molar-refractivity contribution is 5.76. The van der Waals surface area contributed by atoms with Gasteiger partial charge in [-0.2, -0.15) is 0 Å². The summed E-state index contributed by atoms with van der Waals surface area (Å²) >= 11 is 0. The fourth-order valence-electron chi connectivity index (χ4n) is 3.14. The van der Waals surface area contributed by atoms with E-state index in [9.17, 15) is 4.79 Å². The van der Waals surface area contributed by atoms with Crippen LogP contribution < -0.4 is 0 Å². The molecule has 1 heterocycles. The first-order chi connectivity index (χ1) is 11.8. The van der Waals surface area contributed by atoms with Crippen LogP contribution in [0.1, 0.15) is 17.5 Å². The van der Waals surface area contributed by atoms with Gasteiger partial charge in [0.15, 0.2) is 0 Å². The third kappa shape index (κ3) is 4.22. The van der Waals surface area contributed by atoms with Crippen LogP contribution in [0.25, 0.3) is 0 Å². The number of benzene rings is 2. The number of methoxy groups -OCH3 is 1. The Balaban J connectivity index is 1.62. The van der Waals surface area contributed by atoms with Crippen molar-refractivity contribution in [3.63, 3.8) is 0 Å². The van der Waals surface area contributed by atoms with Crippen molar-refractivity contribution in [3.8, 4) is 0 Å². The number of carbonyl (C=O) groups excluding carboxylic acids is 1. The summed E-state index contributed by atoms with van der Waals surface area (Å²) in [5.41, 5.74) is 2.34. The molecule has 1 aliphatic heterocycles. The molecule has 4 heteroatoms. The largest absolute Gasteiger partial charge is 0.468 e. The molecule has 0 amide bonds. The van der Waals surface area contributed by atoms with Crippen molar-refractivity contribution >= 4 is 5.97 Å². The molecule has 0 saturated carbocycles. The summed E-state index contributed by atoms with van der Waals surface area (Å²) < 4.78 is 11.0. The van der Waals surface area contributed by atoms with Crippen LogP contribution in [0.3, 0.4) is 0 Å². The lowest BCUT2D eigenvalue weighted by atomic mass is 10.1. The normalized spacial score (nSPS) is 20.9. The molecule has 4 nitrogen and oxygen atoms in total. The third-order valence-corrected chi connectivity index (χ3v) is 4.40. The molecule has 1 fully saturated rings. The number of rotatable bonds is 6. The van der Waals surface area contributed by atoms with Crippen LogP contribution in [0.5, 0.6) is 0 Å². The number of nitrogens with zero attached hydrogens (tertiary/aromatic N) is 1. The molecule has 0 bridgehead atoms. The summed E-state index contributed by atoms with van der Waals surface area (Å²) in [4.78, 5) is 14.3. The molecule has 0 aliphatic carbocycles. The summed E-state index contributed by atoms with van der Waals surface area (Å²) in [6.45, 7) is 2.03. The Hall–Kier alpha value is -2.17. The average molecular weight is 325 g/mol. The van der Waals surface area contributed by atoms with Crippen LogP contribution in [0.15, 0.2) is 60.7 Å². The highest BCUT2D eigenvalue weighted by Gasteiger charge is 2.37. The molecule has 0 unspecified atom stereocenters. The van der Waals surface area contributed by atoms with Gasteiger partial charge < -0.3 is 9.47 Å². The highest BCUT2D eigenvalue weighted by Crippen LogP contribution is 2.24. The van der Waals surface area contributed by atoms with Crippen LogP contribution in [0.2, 0.25) is 0 Å². The quantitative estimate of drug-likeness (QED) is 0.765. The van der Waals surface area contributed by atoms with Gasteiger partial charge in [-0.05, 0) is 11.1 Å². The number of ether oxygens (including phenoxy) is 2. The minimum atomic E-state index is -0.240. The smallest absolute Gasteiger partial charge is 0.323 e. The Labute approximate surface area is 143 Å². The van der Waals surface area contributed by atoms with Gasteiger partial charge in [0.1, 0.15) is 6.04 Å². The molecule has 2 aromatic carbocycles. The summed E-state index contributed by atoms with van der Waals surface area (Å²) in [6.07, 6.45) is 0.713. The maximum Gasteiger partial charge on any atom is 0.323 e. The van der Waals surface area contributed by atoms with E-state index in [1.54, 1.807) is 0 Å². The van der Waals surface area contributed by atoms with E-state index in [1.807, 2.05) is 36.4 Å². The van der Waals surface area contributed by atoms with E-state index in [2.05, 4.69) is 29.2 Å². The van der Waals surface area contributed by atoms with Gasteiger partial charge >= 0.3 is 5.97 Å². The standard InChI is InChI=1S/C20H23NO3/c1-23-20(22)19-12-18(24-15-17-10-6-3-7-11-17)14-21(19)13-16-8-4-2-5-9-16/h2-11,18-19H,12-15H2,1H3/t18-,19-/m1/s1. The van der Waals surface area contributed by atoms with Crippen molar-refractivity contribution in [3.05, 3.63) is 71.8 Å². The summed E-state index contributed by atoms with van der Waals surface area (Å²) in [6, 6.07) is 20.0. The molecule has 1 aliphatic rings. The minimum absolute atomic E-state index is 0.0398. The van der Waals surface area contributed by atoms with Crippen LogP contribution >= 0.6 is 0 Å². The number of hydrogen-bond acceptors (Lipinski definition) is 4. The van der Waals surface area contributed by atoms with Gasteiger partial charge in [-0.3, -0.25) is 9.69 Å². The van der Waals surface area contributed by atoms with E-state index in [0.717, 1.165) is 18.7 Å². The molecule has 1 saturated heterocycles. The number of hydrogen-bond donors (Lipinski definition) is 0. The van der Waals surface area contributed by atoms with E-state index in [4.69, 9.17) is 9.47 Å². The first-order valence-electron chi connectivity index (χ1n) is 8.27. The molecule has 0 spiro atoms. The summed E-state index contributed by atoms with van der Waals surface area (Å²) in [7, 11) is 1.45. The predicted octanol–water partition coefficient (Wildman–Crippen LogP) is 3.02. The zero-order chi connectivity index (χ0) is 16.8. The monoisotopic (exact) mass is 325 g/mol. The van der Waals surface area contributed by atoms with Crippen LogP contribution in [0, 0.1) is 0 Å². The molecule has 3 rings (SSSR count). The van der Waals surface area contributed by atoms with Gasteiger partial charge in [-0.25, -0.2) is 0 Å². The minimum Gasteiger partial charge on any atom is -0.468 e. The van der Waals surface area contributed by atoms with E-state index >= 15 is 0 Å². The second kappa shape index (κ2) is 8.08. The molecule has 2 aromatic rings. The number of carbonyl (C=O) groups is 1. The van der Waals surface area contributed by atoms with Crippen molar-refractivity contribution in [2.45, 2.75) is 31.7 Å². The lowest BCUT2D eigenvalue weighted by Gasteiger charge is -2.22. The first kappa shape index (κ1) is 16.7. The van der Waals surface area contributed by atoms with Gasteiger partial charge in [0.25, 0.3) is 0 Å². The van der Waals surface area contributed by atoms with Crippen molar-refractivity contribution in [1.29, 1.82) is 0 Å². The van der Waals surface area contributed by atoms with Crippen molar-refractivity contribution < 1.29 is 14.3 Å². The maximum atomic E-state index is 12.1. The first-order valence-corrected chi connectivity index (χ1v) is 8.27. The summed E-state index contributed by atoms with van der Waals surface area (Å²) in [5, 5.41) is 0. The lowest BCUT2D eigenvalue weighted by molar-refractivity contribution is -0.146. The van der Waals surface area contributed by atoms with Crippen molar-refractivity contribution in [1.82, 2.24) is 4.90 Å². The van der Waals surface area contributed by atoms with E-state index in [0.29, 0.717) is 13.0 Å². The van der Waals surface area contributed by atoms with Crippen molar-refractivity contribution in [2.24, 2.45) is 0 Å². The Morgan fingerprint density at radius 2 is 1.67 bits per heavy atom. The second-order valence-corrected chi connectivity index (χ2v) is 6.11. The Morgan fingerprint density at radius 3 is 2.29 bits per heavy atom. The van der Waals surface area contributed by atoms with Crippen LogP contribution in [-0.4, -0.2) is 36.7 Å². The fraction of sp³-hybridized carbons (Fsp3) is 0.350. The topological polar surface area (TPSA) is 38.8 Å². The third-order valence-electron chi connectivity index (χ3n) is 4.40. The Bertz CT molecular complexity index is 644. The predicted molar refractivity (Wildman–Crippen MR) is 92.3 cm³/mol. The van der Waals surface area contributed by atoms with Gasteiger partial charge in [-0.15, -0.1) is 0 Å². The van der Waals surface area contributed by atoms with Crippen LogP contribution in [-0.2, 0) is 27.4 Å². The molecular weight excluding hydrogens is 302 g/mol. The van der Waals surface area contributed by atoms with Gasteiger partial charge in [0.05, 0.1) is 19.8 Å². The molecule has 2 atom stereocenters. The average Bonchev–Trinajstić information content (AvgIpc) is 3.04. The zero-order valence-corrected chi connectivity index (χ0v) is 13.9. The number of likely N-dealkylation sites (tertiary alicyclic amines) is 1. The van der Waals surface area contributed by atoms with E-state index in [1.165, 1.54) is 12.7 Å². The second-order valence-electron chi connectivity index (χ2n) is 6.11. The number of esters is 1. The van der Waals surface area contributed by atoms with Gasteiger partial charge in [-0.1, -0.05) is 60.7 Å². The van der Waals surface area contributed by atoms with Crippen LogP contribution in [0.4, 0.5) is 0 Å². The summed E-state index contributed by atoms with van der Waals surface area (Å²) in [5.74, 6) is -0.184. The lowest BCUT2D eigenvalue weighted by Crippen LogP contribution is -2.36. The van der Waals surface area contributed by atoms with Gasteiger partial charge in [0, 0.05) is 19.5 Å². The zero-order valence-electron chi connectivity index (χ0n) is 13.9. The Kier molecular flexibility index (Phi) is 5.62. The highest BCUT2D eigenvalue weighted by atomic mass is 16.5. The Morgan fingerprint density at radius 1 is 1.04 bits per heavy atom. The molecule has 0 radical (unpaired) electrons. The van der Waals surface area contributed by atoms with Gasteiger partial charge in [0.2, 0.25) is 0 Å². The SMILES string of the molecule is COC(=O)[C@H]1C[C@@H](OCc2ccccc2)CN1Cc1ccccc1. The van der Waals surface area contributed by atoms with Crippen molar-refractivity contribution in [2.75, 3.05) is 13.7 Å². The maximum absolute atomic E-state index is 12.1. The fourth-order valence-corrected chi connectivity index (χ4v) is 3.14.